The summed E-state index contributed by atoms with van der Waals surface area (Å²) in [6, 6.07) is 17.0. The molecule has 6 nitrogen and oxygen atoms in total. The number of rotatable bonds is 2. The molecule has 4 rings (SSSR count). The number of aromatic nitrogens is 2. The van der Waals surface area contributed by atoms with Crippen molar-refractivity contribution in [2.45, 2.75) is 0 Å². The Balaban J connectivity index is 0.000000187. The van der Waals surface area contributed by atoms with Crippen LogP contribution < -0.4 is 0 Å². The summed E-state index contributed by atoms with van der Waals surface area (Å²) in [5, 5.41) is 20.5. The number of benzene rings is 2. The van der Waals surface area contributed by atoms with E-state index in [0.29, 0.717) is 35.0 Å². The summed E-state index contributed by atoms with van der Waals surface area (Å²) in [4.78, 5) is 28.8. The Bertz CT molecular complexity index is 1030. The fourth-order valence-corrected chi connectivity index (χ4v) is 2.42. The van der Waals surface area contributed by atoms with E-state index in [1.165, 1.54) is 0 Å². The molecule has 4 aromatic rings. The Kier molecular flexibility index (Phi) is 6.60. The second-order valence-corrected chi connectivity index (χ2v) is 5.41. The first-order valence-corrected chi connectivity index (χ1v) is 7.70. The van der Waals surface area contributed by atoms with E-state index in [4.69, 9.17) is 0 Å². The third-order valence-electron chi connectivity index (χ3n) is 3.68. The molecule has 0 aliphatic rings. The van der Waals surface area contributed by atoms with Crippen molar-refractivity contribution in [2.24, 2.45) is 0 Å². The number of fused-ring (bicyclic) bond motifs is 2. The molecule has 2 aromatic carbocycles. The molecule has 7 heteroatoms. The molecule has 1 radical (unpaired) electrons. The smallest absolute Gasteiger partial charge is 0.506 e. The van der Waals surface area contributed by atoms with Gasteiger partial charge in [-0.25, -0.2) is 9.97 Å². The molecule has 0 unspecified atom stereocenters. The summed E-state index contributed by atoms with van der Waals surface area (Å²) in [7, 11) is 0. The van der Waals surface area contributed by atoms with Crippen LogP contribution in [0.25, 0.3) is 21.8 Å². The van der Waals surface area contributed by atoms with Gasteiger partial charge < -0.3 is 10.2 Å². The molecule has 0 aliphatic heterocycles. The molecule has 137 valence electrons. The zero-order valence-corrected chi connectivity index (χ0v) is 14.8. The van der Waals surface area contributed by atoms with Crippen molar-refractivity contribution in [3.8, 4) is 11.5 Å². The standard InChI is InChI=1S/2C10H7NO2.Cu/c2*12-6-8-5-4-7-2-1-3-9(13)10(7)11-8;/h2*1-6,13H;/q;;+2. The largest absolute Gasteiger partial charge is 2.00 e. The number of phenols is 2. The third kappa shape index (κ3) is 4.47. The van der Waals surface area contributed by atoms with Crippen LogP contribution in [0, 0.1) is 0 Å². The SMILES string of the molecule is O=Cc1ccc2cccc(O)c2n1.O=Cc1ccc2cccc(O)c2n1.[Cu+2]. The monoisotopic (exact) mass is 409 g/mol. The molecule has 2 aromatic heterocycles. The molecule has 2 N–H and O–H groups in total. The molecule has 27 heavy (non-hydrogen) atoms. The number of aldehydes is 2. The van der Waals surface area contributed by atoms with E-state index in [9.17, 15) is 19.8 Å². The molecular formula is C20H14CuN2O4+2. The molecule has 0 saturated heterocycles. The molecule has 2 heterocycles. The van der Waals surface area contributed by atoms with E-state index < -0.39 is 0 Å². The summed E-state index contributed by atoms with van der Waals surface area (Å²) < 4.78 is 0. The molecule has 0 atom stereocenters. The first-order valence-electron chi connectivity index (χ1n) is 7.70. The van der Waals surface area contributed by atoms with Crippen LogP contribution in [0.4, 0.5) is 0 Å². The van der Waals surface area contributed by atoms with E-state index in [0.717, 1.165) is 10.8 Å². The number of para-hydroxylation sites is 2. The Morgan fingerprint density at radius 3 is 1.41 bits per heavy atom. The topological polar surface area (TPSA) is 100 Å². The summed E-state index contributed by atoms with van der Waals surface area (Å²) in [6.45, 7) is 0. The van der Waals surface area contributed by atoms with Crippen molar-refractivity contribution in [1.29, 1.82) is 0 Å². The van der Waals surface area contributed by atoms with Gasteiger partial charge in [0.1, 0.15) is 33.9 Å². The van der Waals surface area contributed by atoms with Crippen molar-refractivity contribution in [2.75, 3.05) is 0 Å². The van der Waals surface area contributed by atoms with E-state index in [2.05, 4.69) is 9.97 Å². The van der Waals surface area contributed by atoms with Gasteiger partial charge in [0.05, 0.1) is 0 Å². The van der Waals surface area contributed by atoms with Gasteiger partial charge in [-0.15, -0.1) is 0 Å². The first-order chi connectivity index (χ1) is 12.6. The Morgan fingerprint density at radius 2 is 1.04 bits per heavy atom. The Labute approximate surface area is 165 Å². The second kappa shape index (κ2) is 8.89. The van der Waals surface area contributed by atoms with Crippen LogP contribution in [0.15, 0.2) is 60.7 Å². The Morgan fingerprint density at radius 1 is 0.630 bits per heavy atom. The zero-order chi connectivity index (χ0) is 18.5. The molecule has 0 saturated carbocycles. The number of aromatic hydroxyl groups is 2. The van der Waals surface area contributed by atoms with Crippen LogP contribution in [0.5, 0.6) is 11.5 Å². The van der Waals surface area contributed by atoms with Gasteiger partial charge in [-0.3, -0.25) is 9.59 Å². The molecule has 0 fully saturated rings. The van der Waals surface area contributed by atoms with E-state index >= 15 is 0 Å². The zero-order valence-electron chi connectivity index (χ0n) is 13.8. The first kappa shape index (κ1) is 20.0. The van der Waals surface area contributed by atoms with Gasteiger partial charge in [-0.2, -0.15) is 0 Å². The maximum Gasteiger partial charge on any atom is 2.00 e. The number of pyridine rings is 2. The van der Waals surface area contributed by atoms with Gasteiger partial charge >= 0.3 is 17.1 Å². The minimum absolute atomic E-state index is 0. The van der Waals surface area contributed by atoms with Crippen molar-refractivity contribution >= 4 is 34.4 Å². The summed E-state index contributed by atoms with van der Waals surface area (Å²) in [5.74, 6) is 0.197. The van der Waals surface area contributed by atoms with E-state index in [1.807, 2.05) is 12.1 Å². The van der Waals surface area contributed by atoms with Gasteiger partial charge in [0.15, 0.2) is 12.6 Å². The van der Waals surface area contributed by atoms with Crippen LogP contribution in [-0.4, -0.2) is 32.8 Å². The second-order valence-electron chi connectivity index (χ2n) is 5.41. The predicted octanol–water partition coefficient (Wildman–Crippen LogP) is 3.50. The van der Waals surface area contributed by atoms with Crippen molar-refractivity contribution in [3.63, 3.8) is 0 Å². The van der Waals surface area contributed by atoms with Crippen molar-refractivity contribution in [3.05, 3.63) is 72.1 Å². The van der Waals surface area contributed by atoms with Gasteiger partial charge in [0, 0.05) is 10.8 Å². The van der Waals surface area contributed by atoms with Crippen LogP contribution >= 0.6 is 0 Å². The van der Waals surface area contributed by atoms with Gasteiger partial charge in [0.25, 0.3) is 0 Å². The molecule has 0 amide bonds. The molecule has 0 bridgehead atoms. The number of nitrogens with zero attached hydrogens (tertiary/aromatic N) is 2. The summed E-state index contributed by atoms with van der Waals surface area (Å²) >= 11 is 0. The number of carbonyl (C=O) groups is 2. The van der Waals surface area contributed by atoms with Gasteiger partial charge in [-0.05, 0) is 24.3 Å². The number of phenolic OH excluding ortho intramolecular Hbond substituents is 2. The number of hydrogen-bond donors (Lipinski definition) is 2. The Hall–Kier alpha value is -3.28. The molecular weight excluding hydrogens is 396 g/mol. The molecule has 0 spiro atoms. The normalized spacial score (nSPS) is 9.78. The average molecular weight is 410 g/mol. The number of carbonyl (C=O) groups excluding carboxylic acids is 2. The summed E-state index contributed by atoms with van der Waals surface area (Å²) in [6.07, 6.45) is 1.32. The maximum atomic E-state index is 10.4. The van der Waals surface area contributed by atoms with Crippen LogP contribution in [0.2, 0.25) is 0 Å². The quantitative estimate of drug-likeness (QED) is 0.388. The van der Waals surface area contributed by atoms with Crippen LogP contribution in [0.3, 0.4) is 0 Å². The van der Waals surface area contributed by atoms with Crippen LogP contribution in [-0.2, 0) is 17.1 Å². The van der Waals surface area contributed by atoms with Gasteiger partial charge in [-0.1, -0.05) is 36.4 Å². The maximum absolute atomic E-state index is 10.4. The van der Waals surface area contributed by atoms with Crippen molar-refractivity contribution in [1.82, 2.24) is 9.97 Å². The molecule has 0 aliphatic carbocycles. The fraction of sp³-hybridized carbons (Fsp3) is 0. The number of hydrogen-bond acceptors (Lipinski definition) is 6. The summed E-state index contributed by atoms with van der Waals surface area (Å²) in [5.41, 5.74) is 1.59. The van der Waals surface area contributed by atoms with Gasteiger partial charge in [0.2, 0.25) is 0 Å². The minimum Gasteiger partial charge on any atom is -0.506 e. The van der Waals surface area contributed by atoms with E-state index in [1.54, 1.807) is 48.5 Å². The fourth-order valence-electron chi connectivity index (χ4n) is 2.42. The van der Waals surface area contributed by atoms with Crippen LogP contribution in [0.1, 0.15) is 21.0 Å². The van der Waals surface area contributed by atoms with Crippen molar-refractivity contribution < 1.29 is 36.9 Å². The minimum atomic E-state index is 0. The van der Waals surface area contributed by atoms with E-state index in [-0.39, 0.29) is 28.6 Å². The average Bonchev–Trinajstić information content (AvgIpc) is 2.69. The third-order valence-corrected chi connectivity index (χ3v) is 3.68. The predicted molar refractivity (Wildman–Crippen MR) is 97.6 cm³/mol.